The van der Waals surface area contributed by atoms with Crippen molar-refractivity contribution in [1.82, 2.24) is 15.4 Å². The van der Waals surface area contributed by atoms with Crippen LogP contribution >= 0.6 is 0 Å². The normalized spacial score (nSPS) is 15.5. The molecule has 104 valence electrons. The highest BCUT2D eigenvalue weighted by Crippen LogP contribution is 2.19. The van der Waals surface area contributed by atoms with Gasteiger partial charge in [-0.15, -0.1) is 0 Å². The number of nitrogens with zero attached hydrogens (tertiary/aromatic N) is 3. The number of nitrogens with one attached hydrogen (secondary N) is 1. The fourth-order valence-electron chi connectivity index (χ4n) is 2.32. The summed E-state index contributed by atoms with van der Waals surface area (Å²) < 4.78 is 4.83. The first-order chi connectivity index (χ1) is 9.29. The third-order valence-corrected chi connectivity index (χ3v) is 3.33. The minimum atomic E-state index is 0.693. The Labute approximate surface area is 114 Å². The maximum Gasteiger partial charge on any atom is 0.193 e. The lowest BCUT2D eigenvalue weighted by atomic mass is 10.2. The predicted octanol–water partition coefficient (Wildman–Crippen LogP) is 2.18. The summed E-state index contributed by atoms with van der Waals surface area (Å²) in [4.78, 5) is 6.33. The largest absolute Gasteiger partial charge is 0.364 e. The minimum Gasteiger partial charge on any atom is -0.364 e. The first kappa shape index (κ1) is 13.6. The molecule has 0 aliphatic heterocycles. The quantitative estimate of drug-likeness (QED) is 0.502. The molecule has 1 heterocycles. The van der Waals surface area contributed by atoms with E-state index in [4.69, 9.17) is 4.52 Å². The van der Waals surface area contributed by atoms with Gasteiger partial charge >= 0.3 is 0 Å². The number of hydrogen-bond acceptors (Lipinski definition) is 3. The van der Waals surface area contributed by atoms with Crippen molar-refractivity contribution in [1.29, 1.82) is 0 Å². The molecule has 0 atom stereocenters. The molecule has 0 unspecified atom stereocenters. The topological polar surface area (TPSA) is 53.7 Å². The highest BCUT2D eigenvalue weighted by Gasteiger charge is 2.09. The van der Waals surface area contributed by atoms with Crippen molar-refractivity contribution >= 4 is 5.96 Å². The average Bonchev–Trinajstić information content (AvgIpc) is 3.07. The number of allylic oxidation sites excluding steroid dienone is 1. The third-order valence-electron chi connectivity index (χ3n) is 3.33. The second-order valence-electron chi connectivity index (χ2n) is 4.83. The van der Waals surface area contributed by atoms with Gasteiger partial charge in [-0.3, -0.25) is 4.99 Å². The van der Waals surface area contributed by atoms with E-state index in [0.717, 1.165) is 24.6 Å². The fourth-order valence-corrected chi connectivity index (χ4v) is 2.32. The molecular weight excluding hydrogens is 240 g/mol. The average molecular weight is 262 g/mol. The van der Waals surface area contributed by atoms with Crippen LogP contribution in [0, 0.1) is 0 Å². The Hall–Kier alpha value is -1.78. The summed E-state index contributed by atoms with van der Waals surface area (Å²) in [5, 5.41) is 7.29. The number of rotatable bonds is 5. The zero-order chi connectivity index (χ0) is 13.5. The van der Waals surface area contributed by atoms with Crippen LogP contribution in [0.3, 0.4) is 0 Å². The van der Waals surface area contributed by atoms with Gasteiger partial charge in [-0.25, -0.2) is 0 Å². The Morgan fingerprint density at radius 2 is 2.47 bits per heavy atom. The predicted molar refractivity (Wildman–Crippen MR) is 75.9 cm³/mol. The number of aliphatic imine (C=N–C) groups is 1. The van der Waals surface area contributed by atoms with E-state index < -0.39 is 0 Å². The summed E-state index contributed by atoms with van der Waals surface area (Å²) in [6, 6.07) is 1.87. The molecule has 1 aliphatic carbocycles. The smallest absolute Gasteiger partial charge is 0.193 e. The molecule has 2 rings (SSSR count). The van der Waals surface area contributed by atoms with Gasteiger partial charge in [0.2, 0.25) is 0 Å². The molecule has 1 aromatic heterocycles. The van der Waals surface area contributed by atoms with Crippen molar-refractivity contribution in [3.8, 4) is 0 Å². The molecule has 1 aromatic rings. The van der Waals surface area contributed by atoms with E-state index >= 15 is 0 Å². The van der Waals surface area contributed by atoms with E-state index in [1.807, 2.05) is 18.0 Å². The van der Waals surface area contributed by atoms with E-state index in [1.54, 1.807) is 18.9 Å². The number of guanidine groups is 1. The first-order valence-electron chi connectivity index (χ1n) is 6.78. The van der Waals surface area contributed by atoms with Crippen molar-refractivity contribution < 1.29 is 4.52 Å². The molecule has 0 bridgehead atoms. The Kier molecular flexibility index (Phi) is 5.01. The van der Waals surface area contributed by atoms with Crippen molar-refractivity contribution in [3.63, 3.8) is 0 Å². The van der Waals surface area contributed by atoms with Crippen LogP contribution < -0.4 is 5.32 Å². The maximum atomic E-state index is 4.83. The Morgan fingerprint density at radius 3 is 3.11 bits per heavy atom. The number of aromatic nitrogens is 1. The van der Waals surface area contributed by atoms with Crippen molar-refractivity contribution in [3.05, 3.63) is 29.7 Å². The van der Waals surface area contributed by atoms with Crippen LogP contribution in [0.5, 0.6) is 0 Å². The first-order valence-corrected chi connectivity index (χ1v) is 6.78. The summed E-state index contributed by atoms with van der Waals surface area (Å²) in [7, 11) is 3.80. The molecule has 1 aliphatic rings. The van der Waals surface area contributed by atoms with Crippen molar-refractivity contribution in [2.75, 3.05) is 20.6 Å². The number of hydrogen-bond donors (Lipinski definition) is 1. The zero-order valence-corrected chi connectivity index (χ0v) is 11.7. The van der Waals surface area contributed by atoms with E-state index in [0.29, 0.717) is 6.54 Å². The maximum absolute atomic E-state index is 4.83. The lowest BCUT2D eigenvalue weighted by molar-refractivity contribution is 0.391. The van der Waals surface area contributed by atoms with Crippen LogP contribution in [-0.4, -0.2) is 36.7 Å². The monoisotopic (exact) mass is 262 g/mol. The van der Waals surface area contributed by atoms with Crippen LogP contribution in [0.15, 0.2) is 33.5 Å². The van der Waals surface area contributed by atoms with Gasteiger partial charge in [0, 0.05) is 26.7 Å². The Bertz CT molecular complexity index is 436. The van der Waals surface area contributed by atoms with E-state index in [1.165, 1.54) is 19.3 Å². The van der Waals surface area contributed by atoms with Crippen LogP contribution in [0.4, 0.5) is 0 Å². The molecule has 0 saturated carbocycles. The molecular formula is C14H22N4O. The van der Waals surface area contributed by atoms with Crippen LogP contribution in [-0.2, 0) is 6.54 Å². The lowest BCUT2D eigenvalue weighted by Gasteiger charge is -2.21. The molecule has 0 saturated heterocycles. The van der Waals surface area contributed by atoms with Gasteiger partial charge in [0.05, 0.1) is 6.54 Å². The molecule has 0 amide bonds. The van der Waals surface area contributed by atoms with Crippen molar-refractivity contribution in [2.24, 2.45) is 4.99 Å². The highest BCUT2D eigenvalue weighted by atomic mass is 16.5. The summed E-state index contributed by atoms with van der Waals surface area (Å²) >= 11 is 0. The van der Waals surface area contributed by atoms with Gasteiger partial charge in [0.15, 0.2) is 5.96 Å². The van der Waals surface area contributed by atoms with E-state index in [2.05, 4.69) is 21.5 Å². The second kappa shape index (κ2) is 6.97. The summed E-state index contributed by atoms with van der Waals surface area (Å²) in [6.45, 7) is 1.63. The van der Waals surface area contributed by atoms with Gasteiger partial charge in [-0.1, -0.05) is 16.8 Å². The highest BCUT2D eigenvalue weighted by molar-refractivity contribution is 5.79. The minimum absolute atomic E-state index is 0.693. The molecule has 1 N–H and O–H groups in total. The van der Waals surface area contributed by atoms with E-state index in [9.17, 15) is 0 Å². The third kappa shape index (κ3) is 4.12. The Morgan fingerprint density at radius 1 is 1.58 bits per heavy atom. The van der Waals surface area contributed by atoms with Gasteiger partial charge in [-0.2, -0.15) is 0 Å². The molecule has 0 radical (unpaired) electrons. The standard InChI is InChI=1S/C14H22N4O/c1-15-14(16-9-7-12-5-3-4-6-12)18(2)11-13-8-10-19-17-13/h5,8,10H,3-4,6-7,9,11H2,1-2H3,(H,15,16). The van der Waals surface area contributed by atoms with Gasteiger partial charge < -0.3 is 14.7 Å². The Balaban J connectivity index is 1.76. The fraction of sp³-hybridized carbons (Fsp3) is 0.571. The second-order valence-corrected chi connectivity index (χ2v) is 4.83. The van der Waals surface area contributed by atoms with Crippen molar-refractivity contribution in [2.45, 2.75) is 32.2 Å². The van der Waals surface area contributed by atoms with Gasteiger partial charge in [0.1, 0.15) is 12.0 Å². The van der Waals surface area contributed by atoms with Gasteiger partial charge in [-0.05, 0) is 25.7 Å². The van der Waals surface area contributed by atoms with Crippen LogP contribution in [0.1, 0.15) is 31.4 Å². The SMILES string of the molecule is CN=C(NCCC1=CCCC1)N(C)Cc1ccon1. The van der Waals surface area contributed by atoms with Crippen LogP contribution in [0.2, 0.25) is 0 Å². The van der Waals surface area contributed by atoms with Crippen LogP contribution in [0.25, 0.3) is 0 Å². The molecule has 0 aromatic carbocycles. The molecule has 5 heteroatoms. The summed E-state index contributed by atoms with van der Waals surface area (Å²) in [6.07, 6.45) is 8.88. The summed E-state index contributed by atoms with van der Waals surface area (Å²) in [5.74, 6) is 0.890. The molecule has 0 spiro atoms. The molecule has 5 nitrogen and oxygen atoms in total. The zero-order valence-electron chi connectivity index (χ0n) is 11.7. The summed E-state index contributed by atoms with van der Waals surface area (Å²) in [5.41, 5.74) is 2.48. The lowest BCUT2D eigenvalue weighted by Crippen LogP contribution is -2.39. The van der Waals surface area contributed by atoms with E-state index in [-0.39, 0.29) is 0 Å². The molecule has 19 heavy (non-hydrogen) atoms. The molecule has 0 fully saturated rings. The van der Waals surface area contributed by atoms with Gasteiger partial charge in [0.25, 0.3) is 0 Å².